The Morgan fingerprint density at radius 2 is 1.88 bits per heavy atom. The summed E-state index contributed by atoms with van der Waals surface area (Å²) in [4.78, 5) is 23.3. The van der Waals surface area contributed by atoms with E-state index in [0.29, 0.717) is 11.2 Å². The molecule has 0 atom stereocenters. The van der Waals surface area contributed by atoms with E-state index in [4.69, 9.17) is 4.74 Å². The van der Waals surface area contributed by atoms with Crippen LogP contribution in [0.5, 0.6) is 5.75 Å². The Bertz CT molecular complexity index is 753. The maximum atomic E-state index is 12.0. The standard InChI is InChI=1S/C17H16F2N2O5/c18-17(19)26-13-6-4-12(5-7-13)8-9-20-15(22)11-25-16(23)14-3-1-2-10-21(14)24/h1-7,10,17H,8-9,11H2,(H,20,22). The summed E-state index contributed by atoms with van der Waals surface area (Å²) in [6.45, 7) is -3.14. The molecule has 0 unspecified atom stereocenters. The van der Waals surface area contributed by atoms with Gasteiger partial charge in [-0.15, -0.1) is 0 Å². The highest BCUT2D eigenvalue weighted by atomic mass is 19.3. The van der Waals surface area contributed by atoms with Crippen molar-refractivity contribution in [2.75, 3.05) is 13.2 Å². The van der Waals surface area contributed by atoms with E-state index in [1.165, 1.54) is 30.3 Å². The number of amides is 1. The van der Waals surface area contributed by atoms with E-state index in [-0.39, 0.29) is 18.0 Å². The van der Waals surface area contributed by atoms with Crippen LogP contribution >= 0.6 is 0 Å². The summed E-state index contributed by atoms with van der Waals surface area (Å²) < 4.78 is 33.4. The molecule has 1 N–H and O–H groups in total. The zero-order chi connectivity index (χ0) is 18.9. The molecule has 1 aromatic carbocycles. The number of carbonyl (C=O) groups is 2. The third kappa shape index (κ3) is 6.00. The van der Waals surface area contributed by atoms with Gasteiger partial charge in [-0.1, -0.05) is 12.1 Å². The summed E-state index contributed by atoms with van der Waals surface area (Å²) >= 11 is 0. The monoisotopic (exact) mass is 366 g/mol. The van der Waals surface area contributed by atoms with Gasteiger partial charge in [0.2, 0.25) is 0 Å². The molecule has 138 valence electrons. The second kappa shape index (κ2) is 9.30. The van der Waals surface area contributed by atoms with Gasteiger partial charge < -0.3 is 20.0 Å². The highest BCUT2D eigenvalue weighted by molar-refractivity contribution is 5.88. The molecule has 1 amide bonds. The van der Waals surface area contributed by atoms with Crippen molar-refractivity contribution in [3.63, 3.8) is 0 Å². The van der Waals surface area contributed by atoms with Crippen LogP contribution in [0.1, 0.15) is 16.1 Å². The third-order valence-corrected chi connectivity index (χ3v) is 3.25. The van der Waals surface area contributed by atoms with E-state index in [1.807, 2.05) is 0 Å². The molecule has 0 bridgehead atoms. The van der Waals surface area contributed by atoms with Gasteiger partial charge in [0, 0.05) is 18.7 Å². The Kier molecular flexibility index (Phi) is 6.84. The lowest BCUT2D eigenvalue weighted by molar-refractivity contribution is -0.608. The molecular formula is C17H16F2N2O5. The number of hydrogen-bond acceptors (Lipinski definition) is 5. The van der Waals surface area contributed by atoms with Crippen molar-refractivity contribution in [3.8, 4) is 5.75 Å². The fraction of sp³-hybridized carbons (Fsp3) is 0.235. The summed E-state index contributed by atoms with van der Waals surface area (Å²) in [5.41, 5.74) is 0.590. The molecule has 7 nitrogen and oxygen atoms in total. The smallest absolute Gasteiger partial charge is 0.405 e. The maximum absolute atomic E-state index is 12.0. The number of ether oxygens (including phenoxy) is 2. The van der Waals surface area contributed by atoms with Crippen LogP contribution in [0.15, 0.2) is 48.7 Å². The maximum Gasteiger partial charge on any atom is 0.405 e. The van der Waals surface area contributed by atoms with Gasteiger partial charge >= 0.3 is 18.3 Å². The minimum absolute atomic E-state index is 0.0521. The molecule has 0 aliphatic carbocycles. The number of aromatic nitrogens is 1. The summed E-state index contributed by atoms with van der Waals surface area (Å²) in [6, 6.07) is 10.3. The minimum atomic E-state index is -2.88. The predicted octanol–water partition coefficient (Wildman–Crippen LogP) is 1.44. The number of benzene rings is 1. The van der Waals surface area contributed by atoms with Crippen molar-refractivity contribution >= 4 is 11.9 Å². The molecule has 0 fully saturated rings. The average Bonchev–Trinajstić information content (AvgIpc) is 2.61. The van der Waals surface area contributed by atoms with E-state index in [0.717, 1.165) is 11.8 Å². The molecule has 0 aliphatic rings. The van der Waals surface area contributed by atoms with Gasteiger partial charge in [0.15, 0.2) is 12.8 Å². The van der Waals surface area contributed by atoms with Crippen molar-refractivity contribution in [3.05, 3.63) is 65.1 Å². The van der Waals surface area contributed by atoms with E-state index < -0.39 is 25.1 Å². The number of nitrogens with one attached hydrogen (secondary N) is 1. The molecule has 9 heteroatoms. The van der Waals surface area contributed by atoms with Gasteiger partial charge in [-0.25, -0.2) is 4.79 Å². The topological polar surface area (TPSA) is 91.6 Å². The fourth-order valence-corrected chi connectivity index (χ4v) is 2.03. The van der Waals surface area contributed by atoms with Crippen LogP contribution in [0.2, 0.25) is 0 Å². The Hall–Kier alpha value is -3.23. The largest absolute Gasteiger partial charge is 0.618 e. The normalized spacial score (nSPS) is 10.4. The molecule has 0 aliphatic heterocycles. The number of nitrogens with zero attached hydrogens (tertiary/aromatic N) is 1. The van der Waals surface area contributed by atoms with Gasteiger partial charge in [-0.2, -0.15) is 13.5 Å². The first kappa shape index (κ1) is 19.1. The number of hydrogen-bond donors (Lipinski definition) is 1. The van der Waals surface area contributed by atoms with Gasteiger partial charge in [0.25, 0.3) is 5.91 Å². The second-order valence-electron chi connectivity index (χ2n) is 5.11. The molecular weight excluding hydrogens is 350 g/mol. The quantitative estimate of drug-likeness (QED) is 0.434. The van der Waals surface area contributed by atoms with Gasteiger partial charge in [-0.05, 0) is 30.2 Å². The zero-order valence-electron chi connectivity index (χ0n) is 13.6. The zero-order valence-corrected chi connectivity index (χ0v) is 13.6. The summed E-state index contributed by atoms with van der Waals surface area (Å²) in [5.74, 6) is -1.37. The van der Waals surface area contributed by atoms with Crippen molar-refractivity contribution in [1.82, 2.24) is 5.32 Å². The van der Waals surface area contributed by atoms with Crippen LogP contribution in [-0.4, -0.2) is 31.6 Å². The van der Waals surface area contributed by atoms with E-state index in [1.54, 1.807) is 12.1 Å². The summed E-state index contributed by atoms with van der Waals surface area (Å²) in [7, 11) is 0. The van der Waals surface area contributed by atoms with E-state index in [9.17, 15) is 23.6 Å². The first-order valence-corrected chi connectivity index (χ1v) is 7.61. The van der Waals surface area contributed by atoms with E-state index in [2.05, 4.69) is 10.1 Å². The highest BCUT2D eigenvalue weighted by Gasteiger charge is 2.17. The lowest BCUT2D eigenvalue weighted by atomic mass is 10.1. The molecule has 1 aromatic heterocycles. The van der Waals surface area contributed by atoms with Crippen LogP contribution < -0.4 is 14.8 Å². The van der Waals surface area contributed by atoms with Gasteiger partial charge in [0.1, 0.15) is 5.75 Å². The first-order valence-electron chi connectivity index (χ1n) is 7.61. The van der Waals surface area contributed by atoms with Gasteiger partial charge in [-0.3, -0.25) is 4.79 Å². The lowest BCUT2D eigenvalue weighted by Crippen LogP contribution is -2.36. The van der Waals surface area contributed by atoms with Gasteiger partial charge in [0.05, 0.1) is 0 Å². The van der Waals surface area contributed by atoms with Crippen LogP contribution in [0.25, 0.3) is 0 Å². The first-order chi connectivity index (χ1) is 12.5. The Labute approximate surface area is 147 Å². The van der Waals surface area contributed by atoms with Crippen LogP contribution in [-0.2, 0) is 16.0 Å². The summed E-state index contributed by atoms with van der Waals surface area (Å²) in [6.07, 6.45) is 1.60. The molecule has 26 heavy (non-hydrogen) atoms. The number of rotatable bonds is 8. The number of esters is 1. The molecule has 0 saturated heterocycles. The summed E-state index contributed by atoms with van der Waals surface area (Å²) in [5, 5.41) is 13.9. The second-order valence-corrected chi connectivity index (χ2v) is 5.11. The lowest BCUT2D eigenvalue weighted by Gasteiger charge is -2.08. The van der Waals surface area contributed by atoms with E-state index >= 15 is 0 Å². The van der Waals surface area contributed by atoms with Crippen LogP contribution in [0.4, 0.5) is 8.78 Å². The Morgan fingerprint density at radius 3 is 2.54 bits per heavy atom. The predicted molar refractivity (Wildman–Crippen MR) is 85.5 cm³/mol. The molecule has 1 heterocycles. The number of pyridine rings is 1. The Balaban J connectivity index is 1.70. The minimum Gasteiger partial charge on any atom is -0.618 e. The average molecular weight is 366 g/mol. The SMILES string of the molecule is O=C(COC(=O)c1cccc[n+]1[O-])NCCc1ccc(OC(F)F)cc1. The Morgan fingerprint density at radius 1 is 1.15 bits per heavy atom. The molecule has 2 rings (SSSR count). The molecule has 2 aromatic rings. The number of alkyl halides is 2. The molecule has 0 spiro atoms. The van der Waals surface area contributed by atoms with Crippen molar-refractivity contribution in [1.29, 1.82) is 0 Å². The van der Waals surface area contributed by atoms with Crippen molar-refractivity contribution < 1.29 is 32.6 Å². The molecule has 0 radical (unpaired) electrons. The third-order valence-electron chi connectivity index (χ3n) is 3.25. The van der Waals surface area contributed by atoms with Crippen molar-refractivity contribution in [2.45, 2.75) is 13.0 Å². The van der Waals surface area contributed by atoms with Crippen molar-refractivity contribution in [2.24, 2.45) is 0 Å². The number of carbonyl (C=O) groups excluding carboxylic acids is 2. The number of halogens is 2. The van der Waals surface area contributed by atoms with Crippen LogP contribution in [0.3, 0.4) is 0 Å². The van der Waals surface area contributed by atoms with Crippen LogP contribution in [0, 0.1) is 5.21 Å². The highest BCUT2D eigenvalue weighted by Crippen LogP contribution is 2.14. The fourth-order valence-electron chi connectivity index (χ4n) is 2.03. The molecule has 0 saturated carbocycles.